The van der Waals surface area contributed by atoms with Gasteiger partial charge in [0.05, 0.1) is 16.7 Å². The molecule has 1 aliphatic rings. The fourth-order valence-electron chi connectivity index (χ4n) is 2.43. The van der Waals surface area contributed by atoms with E-state index in [-0.39, 0.29) is 6.04 Å². The summed E-state index contributed by atoms with van der Waals surface area (Å²) in [7, 11) is 0. The number of Topliss-reactive ketones (excluding diaryl/α,β-unsaturated/α-hetero) is 1. The van der Waals surface area contributed by atoms with E-state index in [0.29, 0.717) is 5.78 Å². The van der Waals surface area contributed by atoms with E-state index in [1.165, 1.54) is 17.8 Å². The fraction of sp³-hybridized carbons (Fsp3) is 0.692. The Morgan fingerprint density at radius 3 is 3.06 bits per heavy atom. The lowest BCUT2D eigenvalue weighted by atomic mass is 9.99. The first kappa shape index (κ1) is 12.7. The van der Waals surface area contributed by atoms with Crippen LogP contribution in [0, 0.1) is 0 Å². The van der Waals surface area contributed by atoms with E-state index in [0.717, 1.165) is 31.6 Å². The standard InChI is InChI=1S/C13H20N2OS/c1-3-13-14-11(9-17-13)8-15-7-5-4-6-12(15)10(2)16/h9,12H,3-8H2,1-2H3. The van der Waals surface area contributed by atoms with Gasteiger partial charge < -0.3 is 0 Å². The number of carbonyl (C=O) groups excluding carboxylic acids is 1. The Labute approximate surface area is 107 Å². The second kappa shape index (κ2) is 5.74. The first-order valence-corrected chi connectivity index (χ1v) is 7.26. The molecule has 94 valence electrons. The van der Waals surface area contributed by atoms with Crippen molar-refractivity contribution < 1.29 is 4.79 Å². The highest BCUT2D eigenvalue weighted by Gasteiger charge is 2.26. The normalized spacial score (nSPS) is 21.6. The van der Waals surface area contributed by atoms with Gasteiger partial charge in [0, 0.05) is 11.9 Å². The topological polar surface area (TPSA) is 33.2 Å². The van der Waals surface area contributed by atoms with Crippen molar-refractivity contribution in [1.29, 1.82) is 0 Å². The van der Waals surface area contributed by atoms with Crippen LogP contribution >= 0.6 is 11.3 Å². The molecule has 0 saturated carbocycles. The van der Waals surface area contributed by atoms with Crippen LogP contribution in [-0.4, -0.2) is 28.3 Å². The molecule has 4 heteroatoms. The van der Waals surface area contributed by atoms with E-state index >= 15 is 0 Å². The zero-order chi connectivity index (χ0) is 12.3. The van der Waals surface area contributed by atoms with Crippen LogP contribution in [0.3, 0.4) is 0 Å². The highest BCUT2D eigenvalue weighted by Crippen LogP contribution is 2.21. The van der Waals surface area contributed by atoms with Gasteiger partial charge in [-0.25, -0.2) is 4.98 Å². The molecule has 1 atom stereocenters. The van der Waals surface area contributed by atoms with Gasteiger partial charge in [0.1, 0.15) is 5.78 Å². The van der Waals surface area contributed by atoms with Crippen molar-refractivity contribution in [3.8, 4) is 0 Å². The number of carbonyl (C=O) groups is 1. The van der Waals surface area contributed by atoms with Gasteiger partial charge in [0.25, 0.3) is 0 Å². The molecule has 0 spiro atoms. The Morgan fingerprint density at radius 2 is 2.41 bits per heavy atom. The van der Waals surface area contributed by atoms with Crippen LogP contribution in [0.25, 0.3) is 0 Å². The predicted molar refractivity (Wildman–Crippen MR) is 70.2 cm³/mol. The number of ketones is 1. The van der Waals surface area contributed by atoms with Crippen molar-refractivity contribution in [3.63, 3.8) is 0 Å². The van der Waals surface area contributed by atoms with Crippen molar-refractivity contribution in [1.82, 2.24) is 9.88 Å². The maximum Gasteiger partial charge on any atom is 0.146 e. The molecule has 2 heterocycles. The third-order valence-corrected chi connectivity index (χ3v) is 4.39. The van der Waals surface area contributed by atoms with Crippen molar-refractivity contribution in [2.24, 2.45) is 0 Å². The minimum Gasteiger partial charge on any atom is -0.298 e. The lowest BCUT2D eigenvalue weighted by molar-refractivity contribution is -0.123. The molecule has 3 nitrogen and oxygen atoms in total. The minimum atomic E-state index is 0.121. The molecule has 0 aliphatic carbocycles. The molecule has 0 aromatic carbocycles. The van der Waals surface area contributed by atoms with E-state index in [1.807, 2.05) is 0 Å². The first-order valence-electron chi connectivity index (χ1n) is 6.38. The SMILES string of the molecule is CCc1nc(CN2CCCCC2C(C)=O)cs1. The van der Waals surface area contributed by atoms with Gasteiger partial charge in [-0.1, -0.05) is 13.3 Å². The zero-order valence-electron chi connectivity index (χ0n) is 10.6. The van der Waals surface area contributed by atoms with Gasteiger partial charge in [0.15, 0.2) is 0 Å². The Kier molecular flexibility index (Phi) is 4.29. The lowest BCUT2D eigenvalue weighted by Gasteiger charge is -2.33. The average molecular weight is 252 g/mol. The summed E-state index contributed by atoms with van der Waals surface area (Å²) in [5.41, 5.74) is 1.13. The maximum atomic E-state index is 11.6. The van der Waals surface area contributed by atoms with Gasteiger partial charge >= 0.3 is 0 Å². The van der Waals surface area contributed by atoms with Crippen LogP contribution in [0.4, 0.5) is 0 Å². The maximum absolute atomic E-state index is 11.6. The monoisotopic (exact) mass is 252 g/mol. The average Bonchev–Trinajstić information content (AvgIpc) is 2.77. The second-order valence-corrected chi connectivity index (χ2v) is 5.62. The summed E-state index contributed by atoms with van der Waals surface area (Å²) in [6.45, 7) is 5.70. The summed E-state index contributed by atoms with van der Waals surface area (Å²) in [5.74, 6) is 0.302. The third kappa shape index (κ3) is 3.13. The number of aromatic nitrogens is 1. The molecule has 1 fully saturated rings. The number of hydrogen-bond acceptors (Lipinski definition) is 4. The minimum absolute atomic E-state index is 0.121. The number of thiazole rings is 1. The van der Waals surface area contributed by atoms with Crippen LogP contribution in [0.5, 0.6) is 0 Å². The Bertz CT molecular complexity index is 389. The fourth-order valence-corrected chi connectivity index (χ4v) is 3.17. The number of rotatable bonds is 4. The number of piperidine rings is 1. The molecule has 1 aromatic rings. The molecule has 0 amide bonds. The van der Waals surface area contributed by atoms with Crippen LogP contribution < -0.4 is 0 Å². The summed E-state index contributed by atoms with van der Waals surface area (Å²) in [5, 5.41) is 3.32. The molecule has 0 bridgehead atoms. The highest BCUT2D eigenvalue weighted by atomic mass is 32.1. The highest BCUT2D eigenvalue weighted by molar-refractivity contribution is 7.09. The first-order chi connectivity index (χ1) is 8.20. The molecule has 1 aliphatic heterocycles. The van der Waals surface area contributed by atoms with Crippen LogP contribution in [0.2, 0.25) is 0 Å². The predicted octanol–water partition coefficient (Wildman–Crippen LogP) is 2.65. The molecule has 1 aromatic heterocycles. The second-order valence-electron chi connectivity index (χ2n) is 4.68. The van der Waals surface area contributed by atoms with Crippen LogP contribution in [0.1, 0.15) is 43.8 Å². The zero-order valence-corrected chi connectivity index (χ0v) is 11.4. The van der Waals surface area contributed by atoms with E-state index < -0.39 is 0 Å². The van der Waals surface area contributed by atoms with Gasteiger partial charge in [0.2, 0.25) is 0 Å². The molecular formula is C13H20N2OS. The van der Waals surface area contributed by atoms with E-state index in [2.05, 4.69) is 22.2 Å². The summed E-state index contributed by atoms with van der Waals surface area (Å²) in [6, 6.07) is 0.121. The summed E-state index contributed by atoms with van der Waals surface area (Å²) in [6.07, 6.45) is 4.40. The van der Waals surface area contributed by atoms with Crippen molar-refractivity contribution >= 4 is 17.1 Å². The molecule has 1 unspecified atom stereocenters. The van der Waals surface area contributed by atoms with Gasteiger partial charge in [-0.2, -0.15) is 0 Å². The molecule has 1 saturated heterocycles. The number of nitrogens with zero attached hydrogens (tertiary/aromatic N) is 2. The summed E-state index contributed by atoms with van der Waals surface area (Å²) < 4.78 is 0. The smallest absolute Gasteiger partial charge is 0.146 e. The van der Waals surface area contributed by atoms with Gasteiger partial charge in [-0.05, 0) is 32.7 Å². The van der Waals surface area contributed by atoms with Crippen LogP contribution in [0.15, 0.2) is 5.38 Å². The largest absolute Gasteiger partial charge is 0.298 e. The Morgan fingerprint density at radius 1 is 1.59 bits per heavy atom. The summed E-state index contributed by atoms with van der Waals surface area (Å²) >= 11 is 1.73. The van der Waals surface area contributed by atoms with Crippen molar-refractivity contribution in [3.05, 3.63) is 16.1 Å². The van der Waals surface area contributed by atoms with Crippen molar-refractivity contribution in [2.45, 2.75) is 52.1 Å². The molecule has 2 rings (SSSR count). The summed E-state index contributed by atoms with van der Waals surface area (Å²) in [4.78, 5) is 18.5. The van der Waals surface area contributed by atoms with E-state index in [1.54, 1.807) is 18.3 Å². The lowest BCUT2D eigenvalue weighted by Crippen LogP contribution is -2.43. The molecule has 0 N–H and O–H groups in total. The number of likely N-dealkylation sites (tertiary alicyclic amines) is 1. The van der Waals surface area contributed by atoms with Gasteiger partial charge in [-0.3, -0.25) is 9.69 Å². The number of hydrogen-bond donors (Lipinski definition) is 0. The quantitative estimate of drug-likeness (QED) is 0.826. The molecular weight excluding hydrogens is 232 g/mol. The number of aryl methyl sites for hydroxylation is 1. The Hall–Kier alpha value is -0.740. The molecule has 0 radical (unpaired) electrons. The van der Waals surface area contributed by atoms with Gasteiger partial charge in [-0.15, -0.1) is 11.3 Å². The Balaban J connectivity index is 2.02. The molecule has 17 heavy (non-hydrogen) atoms. The van der Waals surface area contributed by atoms with E-state index in [4.69, 9.17) is 0 Å². The third-order valence-electron chi connectivity index (χ3n) is 3.35. The van der Waals surface area contributed by atoms with Crippen molar-refractivity contribution in [2.75, 3.05) is 6.54 Å². The van der Waals surface area contributed by atoms with E-state index in [9.17, 15) is 4.79 Å². The van der Waals surface area contributed by atoms with Crippen LogP contribution in [-0.2, 0) is 17.8 Å².